The molecule has 1 aliphatic carbocycles. The predicted molar refractivity (Wildman–Crippen MR) is 117 cm³/mol. The van der Waals surface area contributed by atoms with Crippen LogP contribution in [0.25, 0.3) is 11.7 Å². The number of aliphatic hydroxyl groups excluding tert-OH is 1. The summed E-state index contributed by atoms with van der Waals surface area (Å²) in [4.78, 5) is 29.9. The van der Waals surface area contributed by atoms with E-state index in [1.165, 1.54) is 4.52 Å². The number of nitrogens with zero attached hydrogens (tertiary/aromatic N) is 5. The zero-order valence-electron chi connectivity index (χ0n) is 16.9. The van der Waals surface area contributed by atoms with Gasteiger partial charge in [-0.25, -0.2) is 9.79 Å². The number of H-pyrrole nitrogens is 2. The Morgan fingerprint density at radius 2 is 2.16 bits per heavy atom. The second-order valence-corrected chi connectivity index (χ2v) is 7.97. The minimum Gasteiger partial charge on any atom is -0.493 e. The van der Waals surface area contributed by atoms with Crippen molar-refractivity contribution in [3.05, 3.63) is 62.0 Å². The molecule has 1 atom stereocenters. The van der Waals surface area contributed by atoms with Crippen molar-refractivity contribution in [1.82, 2.24) is 29.5 Å². The van der Waals surface area contributed by atoms with E-state index in [2.05, 4.69) is 35.3 Å². The van der Waals surface area contributed by atoms with Crippen LogP contribution in [0.1, 0.15) is 37.1 Å². The van der Waals surface area contributed by atoms with Crippen LogP contribution in [-0.4, -0.2) is 45.8 Å². The predicted octanol–water partition coefficient (Wildman–Crippen LogP) is 0.907. The average molecular weight is 455 g/mol. The Labute approximate surface area is 185 Å². The van der Waals surface area contributed by atoms with Gasteiger partial charge in [0.25, 0.3) is 5.62 Å². The Balaban J connectivity index is 1.63. The van der Waals surface area contributed by atoms with E-state index in [0.717, 1.165) is 12.8 Å². The molecule has 1 unspecified atom stereocenters. The molecule has 3 heterocycles. The molecule has 1 aromatic carbocycles. The van der Waals surface area contributed by atoms with Gasteiger partial charge in [0.15, 0.2) is 5.65 Å². The molecule has 11 nitrogen and oxygen atoms in total. The minimum absolute atomic E-state index is 0.197. The van der Waals surface area contributed by atoms with Gasteiger partial charge >= 0.3 is 5.69 Å². The summed E-state index contributed by atoms with van der Waals surface area (Å²) in [6.07, 6.45) is 4.40. The second-order valence-electron chi connectivity index (χ2n) is 7.57. The van der Waals surface area contributed by atoms with Gasteiger partial charge in [-0.15, -0.1) is 0 Å². The molecule has 0 spiro atoms. The summed E-state index contributed by atoms with van der Waals surface area (Å²) in [6.45, 7) is 1.64. The van der Waals surface area contributed by atoms with Gasteiger partial charge in [0, 0.05) is 15.9 Å². The van der Waals surface area contributed by atoms with E-state index >= 15 is 0 Å². The number of aromatic nitrogens is 6. The molecule has 12 heteroatoms. The molecule has 5 N–H and O–H groups in total. The van der Waals surface area contributed by atoms with Crippen LogP contribution < -0.4 is 21.8 Å². The zero-order valence-corrected chi connectivity index (χ0v) is 17.6. The molecule has 164 valence electrons. The summed E-state index contributed by atoms with van der Waals surface area (Å²) < 4.78 is 1.51. The number of halogens is 1. The molecule has 3 aromatic heterocycles. The molecule has 5 rings (SSSR count). The van der Waals surface area contributed by atoms with Crippen molar-refractivity contribution >= 4 is 35.0 Å². The number of benzene rings is 1. The second kappa shape index (κ2) is 7.77. The van der Waals surface area contributed by atoms with Gasteiger partial charge in [-0.2, -0.15) is 19.6 Å². The smallest absolute Gasteiger partial charge is 0.326 e. The van der Waals surface area contributed by atoms with Gasteiger partial charge < -0.3 is 20.5 Å². The summed E-state index contributed by atoms with van der Waals surface area (Å²) in [5, 5.41) is 28.1. The van der Waals surface area contributed by atoms with Crippen molar-refractivity contribution in [2.45, 2.75) is 31.9 Å². The molecule has 0 amide bonds. The Hall–Kier alpha value is -3.70. The van der Waals surface area contributed by atoms with Crippen LogP contribution >= 0.6 is 11.6 Å². The molecular formula is C20H19ClN8O3. The number of aliphatic hydroxyl groups is 1. The first-order chi connectivity index (χ1) is 15.4. The van der Waals surface area contributed by atoms with Crippen LogP contribution in [0.3, 0.4) is 0 Å². The Kier molecular flexibility index (Phi) is 4.91. The van der Waals surface area contributed by atoms with Crippen molar-refractivity contribution in [2.24, 2.45) is 4.99 Å². The van der Waals surface area contributed by atoms with E-state index in [-0.39, 0.29) is 23.6 Å². The maximum atomic E-state index is 11.4. The van der Waals surface area contributed by atoms with E-state index in [0.29, 0.717) is 32.8 Å². The lowest BCUT2D eigenvalue weighted by Gasteiger charge is -2.10. The van der Waals surface area contributed by atoms with E-state index in [9.17, 15) is 15.0 Å². The molecule has 0 bridgehead atoms. The highest BCUT2D eigenvalue weighted by Gasteiger charge is 2.21. The Morgan fingerprint density at radius 1 is 1.34 bits per heavy atom. The minimum atomic E-state index is -0.686. The molecule has 0 radical (unpaired) electrons. The van der Waals surface area contributed by atoms with E-state index in [1.54, 1.807) is 37.4 Å². The number of aromatic hydroxyl groups is 1. The van der Waals surface area contributed by atoms with E-state index < -0.39 is 11.8 Å². The number of nitrogens with one attached hydrogen (secondary N) is 3. The number of hydrogen-bond donors (Lipinski definition) is 5. The summed E-state index contributed by atoms with van der Waals surface area (Å²) in [5.74, 6) is -0.00260. The van der Waals surface area contributed by atoms with Crippen LogP contribution in [0, 0.1) is 0 Å². The van der Waals surface area contributed by atoms with Gasteiger partial charge in [-0.3, -0.25) is 4.98 Å². The fourth-order valence-electron chi connectivity index (χ4n) is 3.21. The van der Waals surface area contributed by atoms with Crippen LogP contribution in [0.2, 0.25) is 5.02 Å². The number of hydrogen-bond acceptors (Lipinski definition) is 8. The van der Waals surface area contributed by atoms with Crippen molar-refractivity contribution in [3.63, 3.8) is 0 Å². The van der Waals surface area contributed by atoms with Crippen LogP contribution in [0.5, 0.6) is 5.88 Å². The number of aromatic amines is 2. The molecule has 0 aliphatic heterocycles. The molecule has 1 saturated carbocycles. The van der Waals surface area contributed by atoms with Gasteiger partial charge in [0.2, 0.25) is 11.8 Å². The van der Waals surface area contributed by atoms with E-state index in [4.69, 9.17) is 11.6 Å². The van der Waals surface area contributed by atoms with Crippen molar-refractivity contribution in [3.8, 4) is 5.88 Å². The third-order valence-electron chi connectivity index (χ3n) is 4.96. The van der Waals surface area contributed by atoms with Crippen LogP contribution in [0.15, 0.2) is 34.2 Å². The fourth-order valence-corrected chi connectivity index (χ4v) is 3.55. The lowest BCUT2D eigenvalue weighted by atomic mass is 10.1. The van der Waals surface area contributed by atoms with Crippen molar-refractivity contribution < 1.29 is 10.2 Å². The third kappa shape index (κ3) is 3.95. The van der Waals surface area contributed by atoms with Gasteiger partial charge in [-0.05, 0) is 43.5 Å². The normalized spacial score (nSPS) is 16.1. The van der Waals surface area contributed by atoms with Crippen LogP contribution in [0.4, 0.5) is 11.6 Å². The molecule has 1 fully saturated rings. The number of imidazole rings is 1. The maximum Gasteiger partial charge on any atom is 0.326 e. The lowest BCUT2D eigenvalue weighted by molar-refractivity contribution is 0.199. The quantitative estimate of drug-likeness (QED) is 0.300. The molecule has 32 heavy (non-hydrogen) atoms. The largest absolute Gasteiger partial charge is 0.493 e. The fraction of sp³-hybridized carbons (Fsp3) is 0.250. The number of fused-ring (bicyclic) bond motifs is 1. The van der Waals surface area contributed by atoms with E-state index in [1.807, 2.05) is 0 Å². The Bertz CT molecular complexity index is 1500. The highest BCUT2D eigenvalue weighted by atomic mass is 35.5. The van der Waals surface area contributed by atoms with Gasteiger partial charge in [-0.1, -0.05) is 17.7 Å². The summed E-state index contributed by atoms with van der Waals surface area (Å²) >= 11 is 6.27. The van der Waals surface area contributed by atoms with Gasteiger partial charge in [0.1, 0.15) is 5.69 Å². The van der Waals surface area contributed by atoms with Gasteiger partial charge in [0.05, 0.1) is 18.3 Å². The molecule has 0 saturated heterocycles. The highest BCUT2D eigenvalue weighted by Crippen LogP contribution is 2.27. The summed E-state index contributed by atoms with van der Waals surface area (Å²) in [7, 11) is 0. The van der Waals surface area contributed by atoms with Crippen molar-refractivity contribution in [2.75, 3.05) is 5.32 Å². The average Bonchev–Trinajstić information content (AvgIpc) is 3.36. The monoisotopic (exact) mass is 454 g/mol. The van der Waals surface area contributed by atoms with Crippen molar-refractivity contribution in [1.29, 1.82) is 0 Å². The zero-order chi connectivity index (χ0) is 22.4. The first kappa shape index (κ1) is 20.2. The highest BCUT2D eigenvalue weighted by molar-refractivity contribution is 6.31. The maximum absolute atomic E-state index is 11.4. The summed E-state index contributed by atoms with van der Waals surface area (Å²) in [6, 6.07) is 5.38. The summed E-state index contributed by atoms with van der Waals surface area (Å²) in [5.41, 5.74) is 1.77. The van der Waals surface area contributed by atoms with Crippen LogP contribution in [-0.2, 0) is 0 Å². The topological polar surface area (TPSA) is 157 Å². The first-order valence-electron chi connectivity index (χ1n) is 9.94. The first-order valence-corrected chi connectivity index (χ1v) is 10.3. The number of anilines is 2. The molecular weight excluding hydrogens is 436 g/mol. The Morgan fingerprint density at radius 3 is 2.81 bits per heavy atom. The lowest BCUT2D eigenvalue weighted by Crippen LogP contribution is -2.24. The third-order valence-corrected chi connectivity index (χ3v) is 5.29. The standard InChI is InChI=1S/C20H19ClN8O3/c1-9(30)13-5-4-12(7-14(13)21)23-18-26-16-10(6-15-17(31)27-20(32)25-15)8-22-29(16)19(28-18)24-11-2-3-11/h4-9,11,30-31H,2-3H2,1H3,(H,23,24,28)(H2,25,27,32). The SMILES string of the molecule is CC(O)c1ccc(Nc2nc(=NC3CC3)n3ncc(=Cc4[nH]c(=O)[nH]c4O)c3n2)cc1Cl. The molecule has 4 aromatic rings. The number of rotatable bonds is 5. The molecule has 1 aliphatic rings.